The van der Waals surface area contributed by atoms with E-state index in [1.807, 2.05) is 6.92 Å². The molecule has 5 heteroatoms. The van der Waals surface area contributed by atoms with E-state index in [9.17, 15) is 9.90 Å². The van der Waals surface area contributed by atoms with Crippen LogP contribution in [0.3, 0.4) is 0 Å². The minimum atomic E-state index is -0.412. The zero-order valence-corrected chi connectivity index (χ0v) is 17.8. The SMILES string of the molecule is CC(O)c1ccc(C2(CNC(=O)NC34CC5CC(CC(C5)C3)C4)CCCC2)s1. The Kier molecular flexibility index (Phi) is 4.74. The molecule has 3 N–H and O–H groups in total. The van der Waals surface area contributed by atoms with E-state index < -0.39 is 6.10 Å². The minimum absolute atomic E-state index is 0.0422. The van der Waals surface area contributed by atoms with Crippen molar-refractivity contribution < 1.29 is 9.90 Å². The summed E-state index contributed by atoms with van der Waals surface area (Å²) in [4.78, 5) is 15.3. The third-order valence-electron chi connectivity index (χ3n) is 8.13. The molecule has 5 fully saturated rings. The second kappa shape index (κ2) is 7.02. The number of thiophene rings is 1. The van der Waals surface area contributed by atoms with Crippen LogP contribution in [-0.4, -0.2) is 23.2 Å². The van der Waals surface area contributed by atoms with Gasteiger partial charge in [0.15, 0.2) is 0 Å². The number of urea groups is 1. The largest absolute Gasteiger partial charge is 0.388 e. The van der Waals surface area contributed by atoms with Crippen molar-refractivity contribution in [2.45, 2.75) is 88.2 Å². The van der Waals surface area contributed by atoms with Gasteiger partial charge in [-0.25, -0.2) is 4.79 Å². The van der Waals surface area contributed by atoms with E-state index in [2.05, 4.69) is 22.8 Å². The predicted octanol–water partition coefficient (Wildman–Crippen LogP) is 4.88. The Morgan fingerprint density at radius 1 is 1.14 bits per heavy atom. The molecule has 4 nitrogen and oxygen atoms in total. The number of carbonyl (C=O) groups excluding carboxylic acids is 1. The van der Waals surface area contributed by atoms with E-state index in [0.717, 1.165) is 35.5 Å². The van der Waals surface area contributed by atoms with Gasteiger partial charge in [0.2, 0.25) is 0 Å². The van der Waals surface area contributed by atoms with Crippen LogP contribution in [0.5, 0.6) is 0 Å². The molecule has 0 aromatic carbocycles. The third-order valence-corrected chi connectivity index (χ3v) is 9.63. The maximum Gasteiger partial charge on any atom is 0.315 e. The fraction of sp³-hybridized carbons (Fsp3) is 0.783. The first-order valence-electron chi connectivity index (χ1n) is 11.3. The summed E-state index contributed by atoms with van der Waals surface area (Å²) in [6.07, 6.45) is 12.1. The molecule has 1 aromatic heterocycles. The summed E-state index contributed by atoms with van der Waals surface area (Å²) in [6, 6.07) is 4.28. The second-order valence-corrected chi connectivity index (χ2v) is 11.5. The summed E-state index contributed by atoms with van der Waals surface area (Å²) in [7, 11) is 0. The molecule has 5 aliphatic carbocycles. The molecule has 154 valence electrons. The Labute approximate surface area is 172 Å². The van der Waals surface area contributed by atoms with Crippen molar-refractivity contribution in [2.75, 3.05) is 6.54 Å². The molecule has 5 saturated carbocycles. The van der Waals surface area contributed by atoms with Gasteiger partial charge in [0, 0.05) is 27.3 Å². The van der Waals surface area contributed by atoms with E-state index in [-0.39, 0.29) is 17.0 Å². The Hall–Kier alpha value is -1.07. The number of hydrogen-bond acceptors (Lipinski definition) is 3. The van der Waals surface area contributed by atoms with Crippen LogP contribution in [-0.2, 0) is 5.41 Å². The number of aliphatic hydroxyl groups is 1. The minimum Gasteiger partial charge on any atom is -0.388 e. The van der Waals surface area contributed by atoms with Crippen molar-refractivity contribution in [3.63, 3.8) is 0 Å². The first-order chi connectivity index (χ1) is 13.5. The molecule has 0 radical (unpaired) electrons. The number of hydrogen-bond donors (Lipinski definition) is 3. The van der Waals surface area contributed by atoms with E-state index >= 15 is 0 Å². The molecule has 1 heterocycles. The molecule has 0 aliphatic heterocycles. The maximum absolute atomic E-state index is 12.9. The molecular formula is C23H34N2O2S. The molecule has 1 atom stereocenters. The highest BCUT2D eigenvalue weighted by atomic mass is 32.1. The quantitative estimate of drug-likeness (QED) is 0.657. The molecule has 0 saturated heterocycles. The second-order valence-electron chi connectivity index (χ2n) is 10.4. The van der Waals surface area contributed by atoms with Gasteiger partial charge in [0.05, 0.1) is 6.10 Å². The summed E-state index contributed by atoms with van der Waals surface area (Å²) in [5.41, 5.74) is 0.126. The lowest BCUT2D eigenvalue weighted by Gasteiger charge is -2.56. The number of aliphatic hydroxyl groups excluding tert-OH is 1. The van der Waals surface area contributed by atoms with E-state index in [1.54, 1.807) is 11.3 Å². The molecule has 4 bridgehead atoms. The summed E-state index contributed by atoms with van der Waals surface area (Å²) in [5, 5.41) is 16.6. The van der Waals surface area contributed by atoms with Crippen LogP contribution in [0.1, 0.15) is 87.0 Å². The lowest BCUT2D eigenvalue weighted by atomic mass is 9.53. The zero-order valence-electron chi connectivity index (χ0n) is 17.0. The molecule has 2 amide bonds. The lowest BCUT2D eigenvalue weighted by Crippen LogP contribution is -2.62. The summed E-state index contributed by atoms with van der Waals surface area (Å²) in [5.74, 6) is 2.54. The van der Waals surface area contributed by atoms with Gasteiger partial charge in [-0.05, 0) is 88.2 Å². The summed E-state index contributed by atoms with van der Waals surface area (Å²) < 4.78 is 0. The maximum atomic E-state index is 12.9. The lowest BCUT2D eigenvalue weighted by molar-refractivity contribution is -0.0135. The standard InChI is InChI=1S/C23H34N2O2S/c1-15(26)19-4-5-20(28-19)22(6-2-3-7-22)14-24-21(27)25-23-11-16-8-17(12-23)10-18(9-16)13-23/h4-5,15-18,26H,2-3,6-14H2,1H3,(H2,24,25,27). The number of amides is 2. The normalized spacial score (nSPS) is 36.4. The van der Waals surface area contributed by atoms with Crippen LogP contribution < -0.4 is 10.6 Å². The Morgan fingerprint density at radius 2 is 1.75 bits per heavy atom. The number of rotatable bonds is 5. The van der Waals surface area contributed by atoms with E-state index in [1.165, 1.54) is 56.2 Å². The third kappa shape index (κ3) is 3.39. The summed E-state index contributed by atoms with van der Waals surface area (Å²) in [6.45, 7) is 2.54. The first-order valence-corrected chi connectivity index (χ1v) is 12.1. The fourth-order valence-corrected chi connectivity index (χ4v) is 8.41. The Bertz CT molecular complexity index is 699. The van der Waals surface area contributed by atoms with Gasteiger partial charge in [0.25, 0.3) is 0 Å². The highest BCUT2D eigenvalue weighted by Gasteiger charge is 2.51. The fourth-order valence-electron chi connectivity index (χ4n) is 7.22. The molecule has 1 aromatic rings. The predicted molar refractivity (Wildman–Crippen MR) is 113 cm³/mol. The van der Waals surface area contributed by atoms with E-state index in [0.29, 0.717) is 6.54 Å². The molecule has 5 aliphatic rings. The van der Waals surface area contributed by atoms with Gasteiger partial charge in [-0.3, -0.25) is 0 Å². The monoisotopic (exact) mass is 402 g/mol. The topological polar surface area (TPSA) is 61.4 Å². The molecule has 28 heavy (non-hydrogen) atoms. The van der Waals surface area contributed by atoms with Crippen LogP contribution in [0.25, 0.3) is 0 Å². The highest BCUT2D eigenvalue weighted by molar-refractivity contribution is 7.12. The van der Waals surface area contributed by atoms with Crippen molar-refractivity contribution in [1.29, 1.82) is 0 Å². The Morgan fingerprint density at radius 3 is 2.29 bits per heavy atom. The highest BCUT2D eigenvalue weighted by Crippen LogP contribution is 2.55. The Balaban J connectivity index is 1.24. The van der Waals surface area contributed by atoms with Crippen LogP contribution in [0.4, 0.5) is 4.79 Å². The zero-order chi connectivity index (χ0) is 19.4. The summed E-state index contributed by atoms with van der Waals surface area (Å²) >= 11 is 1.72. The number of carbonyl (C=O) groups is 1. The van der Waals surface area contributed by atoms with Crippen molar-refractivity contribution in [1.82, 2.24) is 10.6 Å². The van der Waals surface area contributed by atoms with Crippen molar-refractivity contribution in [3.8, 4) is 0 Å². The van der Waals surface area contributed by atoms with Crippen LogP contribution in [0.2, 0.25) is 0 Å². The average Bonchev–Trinajstić information content (AvgIpc) is 3.29. The van der Waals surface area contributed by atoms with Crippen LogP contribution >= 0.6 is 11.3 Å². The van der Waals surface area contributed by atoms with Crippen molar-refractivity contribution >= 4 is 17.4 Å². The molecule has 1 unspecified atom stereocenters. The van der Waals surface area contributed by atoms with Gasteiger partial charge >= 0.3 is 6.03 Å². The van der Waals surface area contributed by atoms with E-state index in [4.69, 9.17) is 0 Å². The van der Waals surface area contributed by atoms with Crippen molar-refractivity contribution in [3.05, 3.63) is 21.9 Å². The van der Waals surface area contributed by atoms with Gasteiger partial charge in [-0.1, -0.05) is 12.8 Å². The van der Waals surface area contributed by atoms with Gasteiger partial charge in [-0.15, -0.1) is 11.3 Å². The van der Waals surface area contributed by atoms with Gasteiger partial charge < -0.3 is 15.7 Å². The molecular weight excluding hydrogens is 368 g/mol. The van der Waals surface area contributed by atoms with Gasteiger partial charge in [0.1, 0.15) is 0 Å². The van der Waals surface area contributed by atoms with Gasteiger partial charge in [-0.2, -0.15) is 0 Å². The van der Waals surface area contributed by atoms with Crippen LogP contribution in [0.15, 0.2) is 12.1 Å². The first kappa shape index (κ1) is 18.9. The number of nitrogens with one attached hydrogen (secondary N) is 2. The van der Waals surface area contributed by atoms with Crippen molar-refractivity contribution in [2.24, 2.45) is 17.8 Å². The smallest absolute Gasteiger partial charge is 0.315 e. The van der Waals surface area contributed by atoms with Crippen LogP contribution in [0, 0.1) is 17.8 Å². The average molecular weight is 403 g/mol. The molecule has 6 rings (SSSR count). The molecule has 0 spiro atoms.